The number of ether oxygens (including phenoxy) is 4. The standard InChI is InChI=1S/C21H34O4/c1-4-7-15-23-20(12-6-3)21(24-16-8-5-2)25-18-22-17-19-13-10-9-11-14-19/h9-11,13-14H,4-8,12,15-18H2,1-3H3. The predicted molar refractivity (Wildman–Crippen MR) is 101 cm³/mol. The van der Waals surface area contributed by atoms with Crippen molar-refractivity contribution in [3.8, 4) is 0 Å². The Morgan fingerprint density at radius 2 is 1.48 bits per heavy atom. The quantitative estimate of drug-likeness (QED) is 0.228. The van der Waals surface area contributed by atoms with Gasteiger partial charge in [0.05, 0.1) is 19.8 Å². The van der Waals surface area contributed by atoms with Crippen molar-refractivity contribution in [2.24, 2.45) is 0 Å². The second-order valence-electron chi connectivity index (χ2n) is 5.96. The highest BCUT2D eigenvalue weighted by atomic mass is 16.7. The van der Waals surface area contributed by atoms with Gasteiger partial charge in [0.1, 0.15) is 0 Å². The van der Waals surface area contributed by atoms with Crippen molar-refractivity contribution in [2.75, 3.05) is 20.0 Å². The third-order valence-electron chi connectivity index (χ3n) is 3.59. The Balaban J connectivity index is 2.56. The molecule has 0 saturated heterocycles. The minimum Gasteiger partial charge on any atom is -0.491 e. The summed E-state index contributed by atoms with van der Waals surface area (Å²) in [6, 6.07) is 10.1. The summed E-state index contributed by atoms with van der Waals surface area (Å²) in [6.45, 7) is 8.42. The lowest BCUT2D eigenvalue weighted by atomic mass is 10.2. The first-order chi connectivity index (χ1) is 12.3. The van der Waals surface area contributed by atoms with E-state index in [1.807, 2.05) is 30.3 Å². The fourth-order valence-corrected chi connectivity index (χ4v) is 2.14. The van der Waals surface area contributed by atoms with Crippen LogP contribution in [0.15, 0.2) is 42.0 Å². The van der Waals surface area contributed by atoms with Crippen LogP contribution in [0, 0.1) is 0 Å². The van der Waals surface area contributed by atoms with E-state index in [0.29, 0.717) is 25.8 Å². The van der Waals surface area contributed by atoms with Crippen molar-refractivity contribution in [3.05, 3.63) is 47.6 Å². The molecule has 0 aliphatic heterocycles. The molecule has 1 aromatic carbocycles. The smallest absolute Gasteiger partial charge is 0.321 e. The van der Waals surface area contributed by atoms with E-state index in [9.17, 15) is 0 Å². The van der Waals surface area contributed by atoms with Gasteiger partial charge in [-0.3, -0.25) is 0 Å². The summed E-state index contributed by atoms with van der Waals surface area (Å²) in [4.78, 5) is 0. The van der Waals surface area contributed by atoms with E-state index in [0.717, 1.165) is 49.8 Å². The summed E-state index contributed by atoms with van der Waals surface area (Å²) in [6.07, 6.45) is 6.00. The van der Waals surface area contributed by atoms with Crippen LogP contribution in [0.2, 0.25) is 0 Å². The second kappa shape index (κ2) is 14.6. The van der Waals surface area contributed by atoms with Crippen molar-refractivity contribution in [2.45, 2.75) is 65.9 Å². The molecule has 0 N–H and O–H groups in total. The van der Waals surface area contributed by atoms with Gasteiger partial charge in [-0.2, -0.15) is 0 Å². The van der Waals surface area contributed by atoms with Gasteiger partial charge in [0.15, 0.2) is 12.6 Å². The molecule has 0 aliphatic carbocycles. The lowest BCUT2D eigenvalue weighted by Crippen LogP contribution is -2.10. The Hall–Kier alpha value is -1.68. The Labute approximate surface area is 153 Å². The molecule has 0 aliphatic rings. The summed E-state index contributed by atoms with van der Waals surface area (Å²) >= 11 is 0. The lowest BCUT2D eigenvalue weighted by Gasteiger charge is -2.17. The SMILES string of the molecule is CCCCOC(CCC)=C(OCCCC)OCOCc1ccccc1. The number of unbranched alkanes of at least 4 members (excludes halogenated alkanes) is 2. The summed E-state index contributed by atoms with van der Waals surface area (Å²) in [5.41, 5.74) is 1.12. The van der Waals surface area contributed by atoms with Gasteiger partial charge in [-0.1, -0.05) is 63.9 Å². The molecule has 0 aromatic heterocycles. The van der Waals surface area contributed by atoms with E-state index in [1.165, 1.54) is 0 Å². The number of hydrogen-bond donors (Lipinski definition) is 0. The van der Waals surface area contributed by atoms with Crippen LogP contribution in [0.1, 0.15) is 64.9 Å². The Morgan fingerprint density at radius 1 is 0.800 bits per heavy atom. The minimum atomic E-state index is 0.153. The van der Waals surface area contributed by atoms with Crippen LogP contribution in [-0.2, 0) is 25.6 Å². The first-order valence-electron chi connectivity index (χ1n) is 9.54. The fraction of sp³-hybridized carbons (Fsp3) is 0.619. The van der Waals surface area contributed by atoms with Crippen molar-refractivity contribution in [1.82, 2.24) is 0 Å². The maximum Gasteiger partial charge on any atom is 0.321 e. The topological polar surface area (TPSA) is 36.9 Å². The average Bonchev–Trinajstić information content (AvgIpc) is 2.64. The van der Waals surface area contributed by atoms with Crippen LogP contribution in [0.4, 0.5) is 0 Å². The molecule has 0 fully saturated rings. The maximum absolute atomic E-state index is 5.91. The highest BCUT2D eigenvalue weighted by Gasteiger charge is 2.12. The van der Waals surface area contributed by atoms with Gasteiger partial charge in [0, 0.05) is 6.42 Å². The van der Waals surface area contributed by atoms with Crippen LogP contribution in [0.3, 0.4) is 0 Å². The lowest BCUT2D eigenvalue weighted by molar-refractivity contribution is -0.0893. The highest BCUT2D eigenvalue weighted by molar-refractivity contribution is 5.13. The average molecular weight is 350 g/mol. The summed E-state index contributed by atoms with van der Waals surface area (Å²) in [7, 11) is 0. The van der Waals surface area contributed by atoms with Gasteiger partial charge in [0.25, 0.3) is 0 Å². The molecule has 142 valence electrons. The molecular formula is C21H34O4. The van der Waals surface area contributed by atoms with E-state index in [4.69, 9.17) is 18.9 Å². The maximum atomic E-state index is 5.91. The zero-order valence-electron chi connectivity index (χ0n) is 16.1. The molecule has 0 atom stereocenters. The minimum absolute atomic E-state index is 0.153. The van der Waals surface area contributed by atoms with E-state index in [2.05, 4.69) is 20.8 Å². The first-order valence-corrected chi connectivity index (χ1v) is 9.54. The monoisotopic (exact) mass is 350 g/mol. The zero-order chi connectivity index (χ0) is 18.2. The van der Waals surface area contributed by atoms with Gasteiger partial charge in [-0.15, -0.1) is 0 Å². The first kappa shape index (κ1) is 21.4. The van der Waals surface area contributed by atoms with E-state index in [-0.39, 0.29) is 6.79 Å². The third kappa shape index (κ3) is 10.0. The van der Waals surface area contributed by atoms with Gasteiger partial charge in [-0.05, 0) is 24.8 Å². The van der Waals surface area contributed by atoms with Crippen molar-refractivity contribution in [3.63, 3.8) is 0 Å². The van der Waals surface area contributed by atoms with Gasteiger partial charge in [-0.25, -0.2) is 0 Å². The van der Waals surface area contributed by atoms with Crippen LogP contribution in [0.5, 0.6) is 0 Å². The molecule has 1 rings (SSSR count). The number of benzene rings is 1. The van der Waals surface area contributed by atoms with E-state index in [1.54, 1.807) is 0 Å². The van der Waals surface area contributed by atoms with Gasteiger partial charge < -0.3 is 18.9 Å². The Bertz CT molecular complexity index is 456. The molecule has 0 unspecified atom stereocenters. The third-order valence-corrected chi connectivity index (χ3v) is 3.59. The molecule has 0 spiro atoms. The number of hydrogen-bond acceptors (Lipinski definition) is 4. The van der Waals surface area contributed by atoms with Crippen LogP contribution < -0.4 is 0 Å². The molecular weight excluding hydrogens is 316 g/mol. The molecule has 4 heteroatoms. The number of allylic oxidation sites excluding steroid dienone is 1. The highest BCUT2D eigenvalue weighted by Crippen LogP contribution is 2.17. The van der Waals surface area contributed by atoms with E-state index >= 15 is 0 Å². The zero-order valence-corrected chi connectivity index (χ0v) is 16.1. The summed E-state index contributed by atoms with van der Waals surface area (Å²) in [5, 5.41) is 0. The molecule has 0 radical (unpaired) electrons. The van der Waals surface area contributed by atoms with Crippen molar-refractivity contribution >= 4 is 0 Å². The predicted octanol–water partition coefficient (Wildman–Crippen LogP) is 5.78. The molecule has 0 bridgehead atoms. The molecule has 0 saturated carbocycles. The molecule has 25 heavy (non-hydrogen) atoms. The number of rotatable bonds is 15. The van der Waals surface area contributed by atoms with Crippen molar-refractivity contribution < 1.29 is 18.9 Å². The van der Waals surface area contributed by atoms with Gasteiger partial charge in [0.2, 0.25) is 0 Å². The van der Waals surface area contributed by atoms with Crippen LogP contribution >= 0.6 is 0 Å². The van der Waals surface area contributed by atoms with E-state index < -0.39 is 0 Å². The molecule has 0 amide bonds. The summed E-state index contributed by atoms with van der Waals surface area (Å²) < 4.78 is 23.1. The fourth-order valence-electron chi connectivity index (χ4n) is 2.14. The normalized spacial score (nSPS) is 11.8. The van der Waals surface area contributed by atoms with Crippen LogP contribution in [-0.4, -0.2) is 20.0 Å². The molecule has 4 nitrogen and oxygen atoms in total. The van der Waals surface area contributed by atoms with Crippen LogP contribution in [0.25, 0.3) is 0 Å². The Morgan fingerprint density at radius 3 is 2.12 bits per heavy atom. The Kier molecular flexibility index (Phi) is 12.5. The molecule has 0 heterocycles. The summed E-state index contributed by atoms with van der Waals surface area (Å²) in [5.74, 6) is 1.29. The van der Waals surface area contributed by atoms with Gasteiger partial charge >= 0.3 is 5.95 Å². The second-order valence-corrected chi connectivity index (χ2v) is 5.96. The largest absolute Gasteiger partial charge is 0.491 e. The molecule has 1 aromatic rings. The van der Waals surface area contributed by atoms with Crippen molar-refractivity contribution in [1.29, 1.82) is 0 Å².